The zero-order chi connectivity index (χ0) is 23.2. The minimum Gasteiger partial charge on any atom is -0.276 e. The molecule has 34 heavy (non-hydrogen) atoms. The number of rotatable bonds is 4. The van der Waals surface area contributed by atoms with E-state index < -0.39 is 0 Å². The van der Waals surface area contributed by atoms with Gasteiger partial charge in [0.2, 0.25) is 5.69 Å². The molecule has 2 aliphatic heterocycles. The summed E-state index contributed by atoms with van der Waals surface area (Å²) in [5, 5.41) is 0. The number of aliphatic imine (C=N–C) groups is 1. The van der Waals surface area contributed by atoms with E-state index in [0.717, 1.165) is 5.71 Å². The Hall–Kier alpha value is -4.04. The number of pyridine rings is 1. The van der Waals surface area contributed by atoms with Gasteiger partial charge in [-0.1, -0.05) is 85.5 Å². The molecule has 2 heteroatoms. The number of fused-ring (bicyclic) bond motifs is 4. The van der Waals surface area contributed by atoms with Crippen LogP contribution in [0.5, 0.6) is 0 Å². The first-order valence-corrected chi connectivity index (χ1v) is 11.8. The van der Waals surface area contributed by atoms with Crippen molar-refractivity contribution in [2.24, 2.45) is 4.99 Å². The van der Waals surface area contributed by atoms with Gasteiger partial charge >= 0.3 is 0 Å². The first-order chi connectivity index (χ1) is 16.7. The fraction of sp³-hybridized carbons (Fsp3) is 0.125. The average Bonchev–Trinajstić information content (AvgIpc) is 3.20. The maximum atomic E-state index is 5.09. The molecule has 2 aliphatic rings. The molecule has 0 spiro atoms. The maximum absolute atomic E-state index is 5.09. The molecule has 3 aromatic carbocycles. The molecule has 4 aromatic rings. The van der Waals surface area contributed by atoms with Crippen LogP contribution in [0.1, 0.15) is 34.2 Å². The van der Waals surface area contributed by atoms with Gasteiger partial charge in [-0.05, 0) is 35.8 Å². The Bertz CT molecular complexity index is 1460. The second-order valence-electron chi connectivity index (χ2n) is 9.12. The summed E-state index contributed by atoms with van der Waals surface area (Å²) in [6.45, 7) is 10.4. The molecule has 0 aliphatic carbocycles. The third kappa shape index (κ3) is 3.03. The Morgan fingerprint density at radius 1 is 0.794 bits per heavy atom. The average molecular weight is 440 g/mol. The van der Waals surface area contributed by atoms with E-state index >= 15 is 0 Å². The zero-order valence-corrected chi connectivity index (χ0v) is 19.4. The number of hydrogen-bond donors (Lipinski definition) is 0. The maximum Gasteiger partial charge on any atom is 0.214 e. The molecule has 3 atom stereocenters. The van der Waals surface area contributed by atoms with E-state index in [4.69, 9.17) is 4.99 Å². The monoisotopic (exact) mass is 439 g/mol. The highest BCUT2D eigenvalue weighted by atomic mass is 15.1. The number of aryl methyl sites for hydroxylation is 1. The Balaban J connectivity index is 1.60. The lowest BCUT2D eigenvalue weighted by atomic mass is 9.77. The molecular formula is C32H27N2+. The SMILES string of the molecule is C=CC1=NC(C=C)C(C2c3ccccc3-c3cc(-c4ccccc4)c(C)c[n+]32)c2ccccc21. The van der Waals surface area contributed by atoms with E-state index in [9.17, 15) is 0 Å². The van der Waals surface area contributed by atoms with Crippen molar-refractivity contribution in [1.82, 2.24) is 0 Å². The molecule has 0 radical (unpaired) electrons. The van der Waals surface area contributed by atoms with Crippen molar-refractivity contribution in [2.45, 2.75) is 24.9 Å². The quantitative estimate of drug-likeness (QED) is 0.244. The van der Waals surface area contributed by atoms with Gasteiger partial charge in [0, 0.05) is 22.8 Å². The van der Waals surface area contributed by atoms with E-state index in [1.807, 2.05) is 12.2 Å². The zero-order valence-electron chi connectivity index (χ0n) is 19.4. The summed E-state index contributed by atoms with van der Waals surface area (Å²) < 4.78 is 2.47. The van der Waals surface area contributed by atoms with Crippen molar-refractivity contribution in [1.29, 1.82) is 0 Å². The lowest BCUT2D eigenvalue weighted by Crippen LogP contribution is -2.45. The van der Waals surface area contributed by atoms with E-state index in [2.05, 4.69) is 116 Å². The van der Waals surface area contributed by atoms with Crippen LogP contribution in [0.25, 0.3) is 22.4 Å². The number of allylic oxidation sites excluding steroid dienone is 1. The number of benzene rings is 3. The molecule has 0 saturated carbocycles. The van der Waals surface area contributed by atoms with Crippen molar-refractivity contribution in [3.63, 3.8) is 0 Å². The van der Waals surface area contributed by atoms with Crippen LogP contribution in [-0.4, -0.2) is 11.8 Å². The summed E-state index contributed by atoms with van der Waals surface area (Å²) in [5.74, 6) is 0.145. The second kappa shape index (κ2) is 8.07. The molecular weight excluding hydrogens is 412 g/mol. The first-order valence-electron chi connectivity index (χ1n) is 11.8. The highest BCUT2D eigenvalue weighted by Crippen LogP contribution is 2.46. The van der Waals surface area contributed by atoms with E-state index in [0.29, 0.717) is 0 Å². The van der Waals surface area contributed by atoms with Crippen LogP contribution in [0, 0.1) is 6.92 Å². The fourth-order valence-electron chi connectivity index (χ4n) is 5.79. The van der Waals surface area contributed by atoms with Crippen LogP contribution in [-0.2, 0) is 0 Å². The van der Waals surface area contributed by atoms with E-state index in [1.54, 1.807) is 0 Å². The molecule has 0 fully saturated rings. The van der Waals surface area contributed by atoms with Crippen molar-refractivity contribution >= 4 is 5.71 Å². The van der Waals surface area contributed by atoms with Crippen molar-refractivity contribution in [3.8, 4) is 22.4 Å². The predicted octanol–water partition coefficient (Wildman–Crippen LogP) is 6.85. The summed E-state index contributed by atoms with van der Waals surface area (Å²) in [7, 11) is 0. The smallest absolute Gasteiger partial charge is 0.214 e. The molecule has 0 saturated heterocycles. The summed E-state index contributed by atoms with van der Waals surface area (Å²) in [6, 6.07) is 30.6. The molecule has 6 rings (SSSR count). The van der Waals surface area contributed by atoms with Gasteiger partial charge in [-0.3, -0.25) is 4.99 Å². The summed E-state index contributed by atoms with van der Waals surface area (Å²) in [6.07, 6.45) is 6.19. The fourth-order valence-corrected chi connectivity index (χ4v) is 5.79. The molecule has 0 amide bonds. The summed E-state index contributed by atoms with van der Waals surface area (Å²) in [5.41, 5.74) is 11.1. The van der Waals surface area contributed by atoms with Crippen LogP contribution < -0.4 is 4.57 Å². The summed E-state index contributed by atoms with van der Waals surface area (Å²) in [4.78, 5) is 5.09. The Kier molecular flexibility index (Phi) is 4.88. The van der Waals surface area contributed by atoms with Gasteiger partial charge in [0.05, 0.1) is 23.2 Å². The van der Waals surface area contributed by atoms with Gasteiger partial charge in [-0.25, -0.2) is 0 Å². The number of aromatic nitrogens is 1. The molecule has 2 nitrogen and oxygen atoms in total. The minimum atomic E-state index is -0.0338. The van der Waals surface area contributed by atoms with Gasteiger partial charge < -0.3 is 0 Å². The molecule has 1 aromatic heterocycles. The van der Waals surface area contributed by atoms with Crippen LogP contribution in [0.15, 0.2) is 121 Å². The molecule has 3 heterocycles. The van der Waals surface area contributed by atoms with E-state index in [-0.39, 0.29) is 18.0 Å². The molecule has 3 unspecified atom stereocenters. The van der Waals surface area contributed by atoms with Crippen molar-refractivity contribution < 1.29 is 4.57 Å². The van der Waals surface area contributed by atoms with Gasteiger partial charge in [-0.15, -0.1) is 6.58 Å². The van der Waals surface area contributed by atoms with Gasteiger partial charge in [-0.2, -0.15) is 4.57 Å². The Morgan fingerprint density at radius 3 is 2.21 bits per heavy atom. The van der Waals surface area contributed by atoms with Crippen LogP contribution >= 0.6 is 0 Å². The van der Waals surface area contributed by atoms with Crippen LogP contribution in [0.3, 0.4) is 0 Å². The third-order valence-electron chi connectivity index (χ3n) is 7.28. The van der Waals surface area contributed by atoms with Gasteiger partial charge in [0.25, 0.3) is 0 Å². The van der Waals surface area contributed by atoms with Crippen LogP contribution in [0.2, 0.25) is 0 Å². The van der Waals surface area contributed by atoms with E-state index in [1.165, 1.54) is 44.6 Å². The minimum absolute atomic E-state index is 0.0338. The standard InChI is InChI=1S/C32H27N2/c1-4-28-23-15-9-11-17-25(23)31(29(5-2)33-28)32-26-18-12-10-16-24(26)30-19-27(21(3)20-34(30)32)22-13-7-6-8-14-22/h4-20,29,31-32H,1-2H2,3H3/q+1. The Morgan fingerprint density at radius 2 is 1.47 bits per heavy atom. The topological polar surface area (TPSA) is 16.2 Å². The lowest BCUT2D eigenvalue weighted by Gasteiger charge is -2.31. The highest BCUT2D eigenvalue weighted by Gasteiger charge is 2.47. The highest BCUT2D eigenvalue weighted by molar-refractivity contribution is 6.10. The number of hydrogen-bond acceptors (Lipinski definition) is 1. The second-order valence-corrected chi connectivity index (χ2v) is 9.12. The largest absolute Gasteiger partial charge is 0.276 e. The van der Waals surface area contributed by atoms with Gasteiger partial charge in [0.1, 0.15) is 0 Å². The first kappa shape index (κ1) is 20.6. The van der Waals surface area contributed by atoms with Gasteiger partial charge in [0.15, 0.2) is 12.2 Å². The predicted molar refractivity (Wildman–Crippen MR) is 140 cm³/mol. The Labute approximate surface area is 201 Å². The third-order valence-corrected chi connectivity index (χ3v) is 7.28. The summed E-state index contributed by atoms with van der Waals surface area (Å²) >= 11 is 0. The lowest BCUT2D eigenvalue weighted by molar-refractivity contribution is -0.701. The van der Waals surface area contributed by atoms with Crippen LogP contribution in [0.4, 0.5) is 0 Å². The van der Waals surface area contributed by atoms with Crippen molar-refractivity contribution in [2.75, 3.05) is 0 Å². The molecule has 0 N–H and O–H groups in total. The van der Waals surface area contributed by atoms with Crippen molar-refractivity contribution in [3.05, 3.63) is 139 Å². The molecule has 164 valence electrons. The number of nitrogens with zero attached hydrogens (tertiary/aromatic N) is 2. The normalized spacial score (nSPS) is 20.0. The molecule has 0 bridgehead atoms.